The van der Waals surface area contributed by atoms with Crippen LogP contribution in [-0.4, -0.2) is 24.4 Å². The molecule has 2 nitrogen and oxygen atoms in total. The molecule has 1 rings (SSSR count). The van der Waals surface area contributed by atoms with Gasteiger partial charge >= 0.3 is 0 Å². The molecule has 0 saturated carbocycles. The predicted octanol–water partition coefficient (Wildman–Crippen LogP) is 3.39. The zero-order valence-electron chi connectivity index (χ0n) is 9.61. The van der Waals surface area contributed by atoms with Crippen molar-refractivity contribution in [2.24, 2.45) is 0 Å². The van der Waals surface area contributed by atoms with Crippen molar-refractivity contribution in [3.05, 3.63) is 21.9 Å². The quantitative estimate of drug-likeness (QED) is 0.802. The highest BCUT2D eigenvalue weighted by atomic mass is 35.5. The van der Waals surface area contributed by atoms with Crippen LogP contribution in [0.4, 0.5) is 0 Å². The van der Waals surface area contributed by atoms with E-state index in [-0.39, 0.29) is 18.3 Å². The Morgan fingerprint density at radius 2 is 2.13 bits per heavy atom. The molecule has 0 N–H and O–H groups in total. The van der Waals surface area contributed by atoms with Gasteiger partial charge in [0.05, 0.1) is 4.88 Å². The Hall–Kier alpha value is -0.540. The molecule has 1 aromatic heterocycles. The lowest BCUT2D eigenvalue weighted by Gasteiger charge is -2.15. The summed E-state index contributed by atoms with van der Waals surface area (Å²) in [6.45, 7) is 6.98. The van der Waals surface area contributed by atoms with Crippen LogP contribution in [0.3, 0.4) is 0 Å². The number of rotatable bonds is 3. The highest BCUT2D eigenvalue weighted by Gasteiger charge is 2.17. The van der Waals surface area contributed by atoms with Crippen LogP contribution >= 0.6 is 23.7 Å². The number of carbonyl (C=O) groups is 1. The first-order valence-electron chi connectivity index (χ1n) is 4.90. The van der Waals surface area contributed by atoms with Crippen LogP contribution < -0.4 is 0 Å². The van der Waals surface area contributed by atoms with Gasteiger partial charge in [0.15, 0.2) is 0 Å². The number of carbonyl (C=O) groups excluding carboxylic acids is 1. The lowest BCUT2D eigenvalue weighted by Crippen LogP contribution is -2.26. The van der Waals surface area contributed by atoms with E-state index in [1.54, 1.807) is 4.90 Å². The number of nitrogens with zero attached hydrogens (tertiary/aromatic N) is 1. The number of thiophene rings is 1. The molecule has 0 bridgehead atoms. The average molecular weight is 248 g/mol. The maximum atomic E-state index is 11.9. The maximum absolute atomic E-state index is 11.9. The summed E-state index contributed by atoms with van der Waals surface area (Å²) in [5.41, 5.74) is 1.17. The van der Waals surface area contributed by atoms with Crippen molar-refractivity contribution in [2.45, 2.75) is 26.7 Å². The van der Waals surface area contributed by atoms with Crippen LogP contribution in [0.15, 0.2) is 11.4 Å². The minimum Gasteiger partial charge on any atom is -0.341 e. The Labute approximate surface area is 102 Å². The first-order chi connectivity index (χ1) is 6.57. The Balaban J connectivity index is 0.00000196. The molecule has 0 spiro atoms. The molecular weight excluding hydrogens is 230 g/mol. The third-order valence-electron chi connectivity index (χ3n) is 2.33. The highest BCUT2D eigenvalue weighted by Crippen LogP contribution is 2.25. The van der Waals surface area contributed by atoms with Crippen molar-refractivity contribution in [3.8, 4) is 0 Å². The van der Waals surface area contributed by atoms with Crippen molar-refractivity contribution in [3.63, 3.8) is 0 Å². The lowest BCUT2D eigenvalue weighted by atomic mass is 10.0. The maximum Gasteiger partial charge on any atom is 0.263 e. The molecule has 0 aliphatic carbocycles. The van der Waals surface area contributed by atoms with Gasteiger partial charge in [-0.3, -0.25) is 4.79 Å². The van der Waals surface area contributed by atoms with Crippen LogP contribution in [0.5, 0.6) is 0 Å². The van der Waals surface area contributed by atoms with E-state index in [2.05, 4.69) is 13.8 Å². The summed E-state index contributed by atoms with van der Waals surface area (Å²) in [6.07, 6.45) is 0. The number of amides is 1. The summed E-state index contributed by atoms with van der Waals surface area (Å²) in [4.78, 5) is 14.5. The van der Waals surface area contributed by atoms with Gasteiger partial charge in [-0.25, -0.2) is 0 Å². The lowest BCUT2D eigenvalue weighted by molar-refractivity contribution is 0.0806. The molecular formula is C11H18ClNOS. The third-order valence-corrected chi connectivity index (χ3v) is 3.25. The molecule has 0 fully saturated rings. The van der Waals surface area contributed by atoms with Gasteiger partial charge in [-0.1, -0.05) is 13.8 Å². The molecule has 15 heavy (non-hydrogen) atoms. The minimum atomic E-state index is 0. The predicted molar refractivity (Wildman–Crippen MR) is 68.3 cm³/mol. The van der Waals surface area contributed by atoms with Gasteiger partial charge in [-0.15, -0.1) is 23.7 Å². The monoisotopic (exact) mass is 247 g/mol. The molecule has 86 valence electrons. The van der Waals surface area contributed by atoms with E-state index in [9.17, 15) is 4.79 Å². The molecule has 0 unspecified atom stereocenters. The zero-order valence-corrected chi connectivity index (χ0v) is 11.2. The fourth-order valence-electron chi connectivity index (χ4n) is 1.26. The molecule has 0 radical (unpaired) electrons. The normalized spacial score (nSPS) is 9.93. The van der Waals surface area contributed by atoms with Gasteiger partial charge in [0.1, 0.15) is 0 Å². The second kappa shape index (κ2) is 6.13. The van der Waals surface area contributed by atoms with E-state index in [0.717, 1.165) is 11.4 Å². The largest absolute Gasteiger partial charge is 0.341 e. The molecule has 0 aromatic carbocycles. The van der Waals surface area contributed by atoms with Crippen molar-refractivity contribution in [1.82, 2.24) is 4.90 Å². The Morgan fingerprint density at radius 3 is 2.60 bits per heavy atom. The second-order valence-corrected chi connectivity index (χ2v) is 4.60. The van der Waals surface area contributed by atoms with E-state index in [1.165, 1.54) is 16.9 Å². The third kappa shape index (κ3) is 3.21. The SMILES string of the molecule is CCN(C)C(=O)c1sccc1C(C)C.Cl. The Kier molecular flexibility index (Phi) is 5.91. The van der Waals surface area contributed by atoms with Gasteiger partial charge in [-0.05, 0) is 29.9 Å². The summed E-state index contributed by atoms with van der Waals surface area (Å²) in [7, 11) is 1.84. The standard InChI is InChI=1S/C11H17NOS.ClH/c1-5-12(4)11(13)10-9(8(2)3)6-7-14-10;/h6-8H,5H2,1-4H3;1H. The zero-order chi connectivity index (χ0) is 10.7. The summed E-state index contributed by atoms with van der Waals surface area (Å²) in [5, 5.41) is 1.99. The second-order valence-electron chi connectivity index (χ2n) is 3.68. The smallest absolute Gasteiger partial charge is 0.263 e. The number of hydrogen-bond acceptors (Lipinski definition) is 2. The van der Waals surface area contributed by atoms with Crippen LogP contribution in [0.2, 0.25) is 0 Å². The molecule has 0 atom stereocenters. The van der Waals surface area contributed by atoms with E-state index >= 15 is 0 Å². The summed E-state index contributed by atoms with van der Waals surface area (Å²) < 4.78 is 0. The summed E-state index contributed by atoms with van der Waals surface area (Å²) in [5.74, 6) is 0.566. The van der Waals surface area contributed by atoms with Gasteiger partial charge in [-0.2, -0.15) is 0 Å². The molecule has 1 amide bonds. The molecule has 0 aliphatic rings. The van der Waals surface area contributed by atoms with E-state index < -0.39 is 0 Å². The molecule has 4 heteroatoms. The van der Waals surface area contributed by atoms with Crippen molar-refractivity contribution < 1.29 is 4.79 Å². The van der Waals surface area contributed by atoms with Gasteiger partial charge < -0.3 is 4.90 Å². The molecule has 0 aliphatic heterocycles. The summed E-state index contributed by atoms with van der Waals surface area (Å²) >= 11 is 1.54. The highest BCUT2D eigenvalue weighted by molar-refractivity contribution is 7.12. The van der Waals surface area contributed by atoms with E-state index in [0.29, 0.717) is 5.92 Å². The first kappa shape index (κ1) is 14.5. The molecule has 1 aromatic rings. The van der Waals surface area contributed by atoms with E-state index in [4.69, 9.17) is 0 Å². The summed E-state index contributed by atoms with van der Waals surface area (Å²) in [6, 6.07) is 2.05. The van der Waals surface area contributed by atoms with E-state index in [1.807, 2.05) is 25.4 Å². The van der Waals surface area contributed by atoms with Gasteiger partial charge in [0.2, 0.25) is 0 Å². The Bertz CT molecular complexity index is 322. The number of hydrogen-bond donors (Lipinski definition) is 0. The van der Waals surface area contributed by atoms with Crippen LogP contribution in [0.25, 0.3) is 0 Å². The van der Waals surface area contributed by atoms with Crippen LogP contribution in [-0.2, 0) is 0 Å². The fourth-order valence-corrected chi connectivity index (χ4v) is 2.31. The minimum absolute atomic E-state index is 0. The fraction of sp³-hybridized carbons (Fsp3) is 0.545. The number of halogens is 1. The molecule has 0 saturated heterocycles. The van der Waals surface area contributed by atoms with Crippen molar-refractivity contribution in [1.29, 1.82) is 0 Å². The Morgan fingerprint density at radius 1 is 1.53 bits per heavy atom. The average Bonchev–Trinajstić information content (AvgIpc) is 2.63. The van der Waals surface area contributed by atoms with Crippen molar-refractivity contribution in [2.75, 3.05) is 13.6 Å². The van der Waals surface area contributed by atoms with Crippen LogP contribution in [0.1, 0.15) is 41.9 Å². The van der Waals surface area contributed by atoms with Gasteiger partial charge in [0.25, 0.3) is 5.91 Å². The van der Waals surface area contributed by atoms with Gasteiger partial charge in [0, 0.05) is 13.6 Å². The van der Waals surface area contributed by atoms with Crippen molar-refractivity contribution >= 4 is 29.7 Å². The topological polar surface area (TPSA) is 20.3 Å². The molecule has 1 heterocycles. The van der Waals surface area contributed by atoms with Crippen LogP contribution in [0, 0.1) is 0 Å². The first-order valence-corrected chi connectivity index (χ1v) is 5.78.